The summed E-state index contributed by atoms with van der Waals surface area (Å²) in [6.07, 6.45) is -0.688. The number of amides is 1. The number of carbonyl (C=O) groups is 1. The van der Waals surface area contributed by atoms with Crippen LogP contribution >= 0.6 is 11.6 Å². The van der Waals surface area contributed by atoms with Gasteiger partial charge in [0.25, 0.3) is 0 Å². The van der Waals surface area contributed by atoms with E-state index in [-0.39, 0.29) is 12.0 Å². The number of benzene rings is 2. The van der Waals surface area contributed by atoms with Gasteiger partial charge in [-0.05, 0) is 42.8 Å². The Morgan fingerprint density at radius 3 is 2.76 bits per heavy atom. The van der Waals surface area contributed by atoms with Gasteiger partial charge in [0.05, 0.1) is 18.1 Å². The van der Waals surface area contributed by atoms with Gasteiger partial charge in [-0.3, -0.25) is 10.7 Å². The van der Waals surface area contributed by atoms with Crippen molar-refractivity contribution in [2.75, 3.05) is 12.4 Å². The van der Waals surface area contributed by atoms with E-state index in [0.717, 1.165) is 5.56 Å². The molecule has 0 bridgehead atoms. The Kier molecular flexibility index (Phi) is 4.58. The average Bonchev–Trinajstić information content (AvgIpc) is 2.95. The first-order chi connectivity index (χ1) is 12.0. The van der Waals surface area contributed by atoms with Crippen LogP contribution in [-0.2, 0) is 4.74 Å². The largest absolute Gasteiger partial charge is 0.453 e. The van der Waals surface area contributed by atoms with Crippen molar-refractivity contribution >= 4 is 40.7 Å². The molecule has 1 aromatic heterocycles. The second-order valence-electron chi connectivity index (χ2n) is 5.19. The number of nitrogens with one attached hydrogen (secondary N) is 2. The number of aryl methyl sites for hydroxylation is 1. The predicted octanol–water partition coefficient (Wildman–Crippen LogP) is 4.04. The number of fused-ring (bicyclic) bond motifs is 1. The van der Waals surface area contributed by atoms with Crippen LogP contribution in [0.3, 0.4) is 0 Å². The molecule has 0 saturated carbocycles. The van der Waals surface area contributed by atoms with Gasteiger partial charge >= 0.3 is 12.1 Å². The van der Waals surface area contributed by atoms with Gasteiger partial charge in [-0.2, -0.15) is 0 Å². The molecule has 1 amide bonds. The van der Waals surface area contributed by atoms with Crippen molar-refractivity contribution in [2.24, 2.45) is 0 Å². The average molecular weight is 359 g/mol. The number of methoxy groups -OCH3 is 1. The fourth-order valence-electron chi connectivity index (χ4n) is 2.30. The molecule has 7 nitrogen and oxygen atoms in total. The van der Waals surface area contributed by atoms with Crippen molar-refractivity contribution in [1.82, 2.24) is 9.55 Å². The summed E-state index contributed by atoms with van der Waals surface area (Å²) in [7, 11) is 1.25. The van der Waals surface area contributed by atoms with Crippen molar-refractivity contribution in [2.45, 2.75) is 6.92 Å². The van der Waals surface area contributed by atoms with Crippen LogP contribution in [0, 0.1) is 12.3 Å². The van der Waals surface area contributed by atoms with Crippen LogP contribution in [0.2, 0.25) is 5.02 Å². The van der Waals surface area contributed by atoms with Crippen LogP contribution in [-0.4, -0.2) is 28.8 Å². The van der Waals surface area contributed by atoms with Crippen LogP contribution < -0.4 is 10.1 Å². The number of imidazole rings is 1. The lowest BCUT2D eigenvalue weighted by Crippen LogP contribution is -2.23. The van der Waals surface area contributed by atoms with Crippen molar-refractivity contribution in [3.05, 3.63) is 53.1 Å². The van der Waals surface area contributed by atoms with Gasteiger partial charge in [-0.25, -0.2) is 14.3 Å². The van der Waals surface area contributed by atoms with Gasteiger partial charge in [0, 0.05) is 5.02 Å². The highest BCUT2D eigenvalue weighted by molar-refractivity contribution is 6.31. The molecule has 0 aliphatic rings. The number of hydrogen-bond donors (Lipinski definition) is 2. The highest BCUT2D eigenvalue weighted by Crippen LogP contribution is 2.24. The number of aromatic nitrogens is 2. The first-order valence-corrected chi connectivity index (χ1v) is 7.73. The predicted molar refractivity (Wildman–Crippen MR) is 95.7 cm³/mol. The molecule has 8 heteroatoms. The number of hydrogen-bond acceptors (Lipinski definition) is 5. The lowest BCUT2D eigenvalue weighted by Gasteiger charge is -2.12. The van der Waals surface area contributed by atoms with E-state index in [0.29, 0.717) is 21.8 Å². The molecule has 0 aliphatic carbocycles. The van der Waals surface area contributed by atoms with Gasteiger partial charge < -0.3 is 9.47 Å². The summed E-state index contributed by atoms with van der Waals surface area (Å²) < 4.78 is 11.6. The highest BCUT2D eigenvalue weighted by atomic mass is 35.5. The molecule has 1 heterocycles. The zero-order chi connectivity index (χ0) is 18.0. The maximum atomic E-state index is 11.6. The third kappa shape index (κ3) is 3.41. The maximum Gasteiger partial charge on any atom is 0.413 e. The number of rotatable bonds is 2. The Balaban J connectivity index is 2.00. The standard InChI is InChI=1S/C17H15ClN4O3/c1-10-9-11(7-8-12(10)18)25-15(19)22-14-6-4-3-5-13(14)20-16(22)21-17(23)24-2/h3-9,19H,1-2H3,(H,20,21,23). The molecule has 0 fully saturated rings. The lowest BCUT2D eigenvalue weighted by atomic mass is 10.2. The van der Waals surface area contributed by atoms with Crippen LogP contribution in [0.25, 0.3) is 11.0 Å². The Labute approximate surface area is 148 Å². The number of anilines is 1. The molecule has 25 heavy (non-hydrogen) atoms. The Morgan fingerprint density at radius 1 is 1.28 bits per heavy atom. The summed E-state index contributed by atoms with van der Waals surface area (Å²) in [6, 6.07) is 12.0. The molecule has 0 aliphatic heterocycles. The zero-order valence-corrected chi connectivity index (χ0v) is 14.3. The number of halogens is 1. The summed E-state index contributed by atoms with van der Waals surface area (Å²) in [4.78, 5) is 15.9. The van der Waals surface area contributed by atoms with Gasteiger partial charge in [0.15, 0.2) is 0 Å². The minimum absolute atomic E-state index is 0.128. The molecule has 3 rings (SSSR count). The minimum atomic E-state index is -0.688. The maximum absolute atomic E-state index is 11.6. The van der Waals surface area contributed by atoms with E-state index in [2.05, 4.69) is 15.0 Å². The van der Waals surface area contributed by atoms with E-state index in [9.17, 15) is 4.79 Å². The number of para-hydroxylation sites is 2. The van der Waals surface area contributed by atoms with E-state index in [1.54, 1.807) is 30.3 Å². The smallest absolute Gasteiger partial charge is 0.413 e. The Morgan fingerprint density at radius 2 is 2.04 bits per heavy atom. The normalized spacial score (nSPS) is 10.5. The molecule has 128 valence electrons. The fourth-order valence-corrected chi connectivity index (χ4v) is 2.41. The molecule has 2 N–H and O–H groups in total. The van der Waals surface area contributed by atoms with E-state index in [1.165, 1.54) is 11.7 Å². The van der Waals surface area contributed by atoms with Crippen LogP contribution in [0.1, 0.15) is 5.56 Å². The topological polar surface area (TPSA) is 89.2 Å². The Hall–Kier alpha value is -3.06. The summed E-state index contributed by atoms with van der Waals surface area (Å²) in [6.45, 7) is 1.84. The molecule has 0 saturated heterocycles. The van der Waals surface area contributed by atoms with E-state index in [4.69, 9.17) is 21.7 Å². The quantitative estimate of drug-likeness (QED) is 0.534. The molecular weight excluding hydrogens is 344 g/mol. The fraction of sp³-hybridized carbons (Fsp3) is 0.118. The number of ether oxygens (including phenoxy) is 2. The van der Waals surface area contributed by atoms with E-state index in [1.807, 2.05) is 19.1 Å². The van der Waals surface area contributed by atoms with Gasteiger partial charge in [-0.15, -0.1) is 0 Å². The van der Waals surface area contributed by atoms with Crippen molar-refractivity contribution in [3.63, 3.8) is 0 Å². The van der Waals surface area contributed by atoms with Gasteiger partial charge in [0.2, 0.25) is 5.95 Å². The first-order valence-electron chi connectivity index (χ1n) is 7.35. The van der Waals surface area contributed by atoms with Crippen molar-refractivity contribution < 1.29 is 14.3 Å². The van der Waals surface area contributed by atoms with Crippen LogP contribution in [0.4, 0.5) is 10.7 Å². The second-order valence-corrected chi connectivity index (χ2v) is 5.60. The Bertz CT molecular complexity index is 968. The van der Waals surface area contributed by atoms with Crippen molar-refractivity contribution in [1.29, 1.82) is 5.41 Å². The lowest BCUT2D eigenvalue weighted by molar-refractivity contribution is 0.186. The molecular formula is C17H15ClN4O3. The van der Waals surface area contributed by atoms with Crippen molar-refractivity contribution in [3.8, 4) is 5.75 Å². The number of nitrogens with zero attached hydrogens (tertiary/aromatic N) is 2. The van der Waals surface area contributed by atoms with Crippen LogP contribution in [0.15, 0.2) is 42.5 Å². The molecule has 0 unspecified atom stereocenters. The molecule has 3 aromatic rings. The van der Waals surface area contributed by atoms with E-state index >= 15 is 0 Å². The molecule has 0 spiro atoms. The minimum Gasteiger partial charge on any atom is -0.453 e. The molecule has 0 atom stereocenters. The summed E-state index contributed by atoms with van der Waals surface area (Å²) in [5, 5.41) is 11.4. The summed E-state index contributed by atoms with van der Waals surface area (Å²) in [5.41, 5.74) is 2.05. The monoisotopic (exact) mass is 358 g/mol. The number of carbonyl (C=O) groups excluding carboxylic acids is 1. The highest BCUT2D eigenvalue weighted by Gasteiger charge is 2.18. The molecule has 0 radical (unpaired) electrons. The van der Waals surface area contributed by atoms with E-state index < -0.39 is 6.09 Å². The third-order valence-corrected chi connectivity index (χ3v) is 3.93. The molecule has 2 aromatic carbocycles. The third-order valence-electron chi connectivity index (χ3n) is 3.51. The SMILES string of the molecule is COC(=O)Nc1nc2ccccc2n1C(=N)Oc1ccc(Cl)c(C)c1. The van der Waals surface area contributed by atoms with Crippen LogP contribution in [0.5, 0.6) is 5.75 Å². The zero-order valence-electron chi connectivity index (χ0n) is 13.5. The first kappa shape index (κ1) is 16.8. The van der Waals surface area contributed by atoms with Gasteiger partial charge in [-0.1, -0.05) is 23.7 Å². The summed E-state index contributed by atoms with van der Waals surface area (Å²) in [5.74, 6) is 0.581. The summed E-state index contributed by atoms with van der Waals surface area (Å²) >= 11 is 6.01. The second kappa shape index (κ2) is 6.82. The van der Waals surface area contributed by atoms with Gasteiger partial charge in [0.1, 0.15) is 5.75 Å².